The highest BCUT2D eigenvalue weighted by molar-refractivity contribution is 5.11. The lowest BCUT2D eigenvalue weighted by Gasteiger charge is -2.25. The molecule has 2 saturated carbocycles. The van der Waals surface area contributed by atoms with Crippen molar-refractivity contribution >= 4 is 0 Å². The van der Waals surface area contributed by atoms with E-state index in [-0.39, 0.29) is 18.9 Å². The first-order chi connectivity index (χ1) is 7.91. The second-order valence-corrected chi connectivity index (χ2v) is 5.93. The number of alkyl halides is 3. The van der Waals surface area contributed by atoms with Gasteiger partial charge >= 0.3 is 6.18 Å². The molecule has 0 aromatic carbocycles. The van der Waals surface area contributed by atoms with Crippen molar-refractivity contribution in [2.75, 3.05) is 6.54 Å². The van der Waals surface area contributed by atoms with Crippen LogP contribution >= 0.6 is 0 Å². The van der Waals surface area contributed by atoms with Crippen molar-refractivity contribution in [1.82, 2.24) is 10.2 Å². The minimum Gasteiger partial charge on any atom is -0.299 e. The standard InChI is InChI=1S/C12H19F3N2/c1-8-6-9(7-17(8)10-2-3-10)16-11(4-5-11)12(13,14)15/h8-10,16H,2-7H2,1H3. The first kappa shape index (κ1) is 11.8. The summed E-state index contributed by atoms with van der Waals surface area (Å²) in [4.78, 5) is 2.38. The van der Waals surface area contributed by atoms with Crippen LogP contribution in [0.2, 0.25) is 0 Å². The molecule has 17 heavy (non-hydrogen) atoms. The van der Waals surface area contributed by atoms with Gasteiger partial charge in [0.15, 0.2) is 0 Å². The highest BCUT2D eigenvalue weighted by Crippen LogP contribution is 2.49. The molecular formula is C12H19F3N2. The summed E-state index contributed by atoms with van der Waals surface area (Å²) >= 11 is 0. The summed E-state index contributed by atoms with van der Waals surface area (Å²) in [5.41, 5.74) is -1.54. The van der Waals surface area contributed by atoms with E-state index in [1.54, 1.807) is 0 Å². The van der Waals surface area contributed by atoms with Gasteiger partial charge in [-0.25, -0.2) is 0 Å². The summed E-state index contributed by atoms with van der Waals surface area (Å²) in [5, 5.41) is 2.88. The zero-order valence-electron chi connectivity index (χ0n) is 10.1. The quantitative estimate of drug-likeness (QED) is 0.824. The fourth-order valence-corrected chi connectivity index (χ4v) is 3.10. The van der Waals surface area contributed by atoms with Crippen molar-refractivity contribution < 1.29 is 13.2 Å². The fourth-order valence-electron chi connectivity index (χ4n) is 3.10. The van der Waals surface area contributed by atoms with E-state index in [1.165, 1.54) is 12.8 Å². The average Bonchev–Trinajstić information content (AvgIpc) is 3.06. The molecular weight excluding hydrogens is 229 g/mol. The van der Waals surface area contributed by atoms with Crippen molar-refractivity contribution in [3.63, 3.8) is 0 Å². The third-order valence-corrected chi connectivity index (χ3v) is 4.41. The van der Waals surface area contributed by atoms with E-state index in [9.17, 15) is 13.2 Å². The lowest BCUT2D eigenvalue weighted by molar-refractivity contribution is -0.167. The van der Waals surface area contributed by atoms with Crippen LogP contribution in [0.1, 0.15) is 39.0 Å². The largest absolute Gasteiger partial charge is 0.406 e. The molecule has 0 radical (unpaired) electrons. The summed E-state index contributed by atoms with van der Waals surface area (Å²) in [5.74, 6) is 0. The van der Waals surface area contributed by atoms with E-state index >= 15 is 0 Å². The highest BCUT2D eigenvalue weighted by Gasteiger charge is 2.64. The molecule has 3 aliphatic rings. The molecule has 1 aliphatic heterocycles. The molecule has 1 N–H and O–H groups in total. The maximum atomic E-state index is 12.8. The lowest BCUT2D eigenvalue weighted by Crippen LogP contribution is -2.50. The van der Waals surface area contributed by atoms with Crippen LogP contribution in [0.4, 0.5) is 13.2 Å². The second kappa shape index (κ2) is 3.60. The van der Waals surface area contributed by atoms with Crippen LogP contribution < -0.4 is 5.32 Å². The van der Waals surface area contributed by atoms with Gasteiger partial charge in [0.05, 0.1) is 0 Å². The smallest absolute Gasteiger partial charge is 0.299 e. The maximum Gasteiger partial charge on any atom is 0.406 e. The molecule has 98 valence electrons. The zero-order chi connectivity index (χ0) is 12.3. The Hall–Kier alpha value is -0.290. The zero-order valence-corrected chi connectivity index (χ0v) is 10.1. The molecule has 0 spiro atoms. The number of nitrogens with zero attached hydrogens (tertiary/aromatic N) is 1. The Labute approximate surface area is 99.5 Å². The third-order valence-electron chi connectivity index (χ3n) is 4.41. The maximum absolute atomic E-state index is 12.8. The SMILES string of the molecule is CC1CC(NC2(C(F)(F)F)CC2)CN1C1CC1. The van der Waals surface area contributed by atoms with Crippen LogP contribution in [0.3, 0.4) is 0 Å². The monoisotopic (exact) mass is 248 g/mol. The second-order valence-electron chi connectivity index (χ2n) is 5.93. The normalized spacial score (nSPS) is 37.4. The third kappa shape index (κ3) is 2.08. The molecule has 0 bridgehead atoms. The average molecular weight is 248 g/mol. The van der Waals surface area contributed by atoms with Gasteiger partial charge in [0.25, 0.3) is 0 Å². The number of rotatable bonds is 3. The summed E-state index contributed by atoms with van der Waals surface area (Å²) in [6, 6.07) is 1.11. The minimum absolute atomic E-state index is 0.0229. The number of hydrogen-bond donors (Lipinski definition) is 1. The number of nitrogens with one attached hydrogen (secondary N) is 1. The van der Waals surface area contributed by atoms with Gasteiger partial charge in [0.2, 0.25) is 0 Å². The van der Waals surface area contributed by atoms with Gasteiger partial charge in [0, 0.05) is 24.7 Å². The van der Waals surface area contributed by atoms with Crippen molar-refractivity contribution in [2.24, 2.45) is 0 Å². The van der Waals surface area contributed by atoms with Crippen LogP contribution in [0.5, 0.6) is 0 Å². The van der Waals surface area contributed by atoms with Crippen LogP contribution in [-0.4, -0.2) is 41.3 Å². The molecule has 0 aromatic heterocycles. The predicted molar refractivity (Wildman–Crippen MR) is 58.8 cm³/mol. The summed E-state index contributed by atoms with van der Waals surface area (Å²) in [7, 11) is 0. The molecule has 1 heterocycles. The topological polar surface area (TPSA) is 15.3 Å². The lowest BCUT2D eigenvalue weighted by atomic mass is 10.1. The Morgan fingerprint density at radius 1 is 1.24 bits per heavy atom. The predicted octanol–water partition coefficient (Wildman–Crippen LogP) is 2.30. The number of hydrogen-bond acceptors (Lipinski definition) is 2. The van der Waals surface area contributed by atoms with Gasteiger partial charge in [-0.1, -0.05) is 0 Å². The van der Waals surface area contributed by atoms with Crippen LogP contribution in [0, 0.1) is 0 Å². The van der Waals surface area contributed by atoms with E-state index in [4.69, 9.17) is 0 Å². The summed E-state index contributed by atoms with van der Waals surface area (Å²) < 4.78 is 38.5. The van der Waals surface area contributed by atoms with E-state index < -0.39 is 11.7 Å². The van der Waals surface area contributed by atoms with E-state index in [0.29, 0.717) is 12.1 Å². The highest BCUT2D eigenvalue weighted by atomic mass is 19.4. The molecule has 5 heteroatoms. The molecule has 3 rings (SSSR count). The molecule has 1 saturated heterocycles. The number of halogens is 3. The molecule has 2 atom stereocenters. The molecule has 0 amide bonds. The van der Waals surface area contributed by atoms with Crippen LogP contribution in [-0.2, 0) is 0 Å². The van der Waals surface area contributed by atoms with Gasteiger partial charge in [-0.2, -0.15) is 13.2 Å². The molecule has 2 nitrogen and oxygen atoms in total. The fraction of sp³-hybridized carbons (Fsp3) is 1.00. The number of likely N-dealkylation sites (tertiary alicyclic amines) is 1. The van der Waals surface area contributed by atoms with Gasteiger partial charge in [-0.15, -0.1) is 0 Å². The van der Waals surface area contributed by atoms with Crippen molar-refractivity contribution in [1.29, 1.82) is 0 Å². The molecule has 3 fully saturated rings. The van der Waals surface area contributed by atoms with E-state index in [1.807, 2.05) is 0 Å². The van der Waals surface area contributed by atoms with Crippen LogP contribution in [0.25, 0.3) is 0 Å². The van der Waals surface area contributed by atoms with E-state index in [0.717, 1.165) is 13.0 Å². The Morgan fingerprint density at radius 3 is 2.35 bits per heavy atom. The van der Waals surface area contributed by atoms with Gasteiger partial charge in [0.1, 0.15) is 5.54 Å². The first-order valence-corrected chi connectivity index (χ1v) is 6.51. The first-order valence-electron chi connectivity index (χ1n) is 6.51. The van der Waals surface area contributed by atoms with Gasteiger partial charge < -0.3 is 0 Å². The Balaban J connectivity index is 1.60. The van der Waals surface area contributed by atoms with E-state index in [2.05, 4.69) is 17.1 Å². The molecule has 2 aliphatic carbocycles. The Morgan fingerprint density at radius 2 is 1.88 bits per heavy atom. The van der Waals surface area contributed by atoms with Gasteiger partial charge in [-0.3, -0.25) is 10.2 Å². The Kier molecular flexibility index (Phi) is 2.50. The van der Waals surface area contributed by atoms with Crippen LogP contribution in [0.15, 0.2) is 0 Å². The summed E-state index contributed by atoms with van der Waals surface area (Å²) in [6.45, 7) is 2.93. The Bertz CT molecular complexity index is 307. The van der Waals surface area contributed by atoms with Gasteiger partial charge in [-0.05, 0) is 39.0 Å². The minimum atomic E-state index is -4.08. The van der Waals surface area contributed by atoms with Crippen molar-refractivity contribution in [3.8, 4) is 0 Å². The molecule has 0 aromatic rings. The van der Waals surface area contributed by atoms with Crippen molar-refractivity contribution in [2.45, 2.75) is 68.9 Å². The summed E-state index contributed by atoms with van der Waals surface area (Å²) in [6.07, 6.45) is -0.268. The van der Waals surface area contributed by atoms with Crippen molar-refractivity contribution in [3.05, 3.63) is 0 Å². The molecule has 2 unspecified atom stereocenters.